The van der Waals surface area contributed by atoms with E-state index in [1.807, 2.05) is 0 Å². The predicted molar refractivity (Wildman–Crippen MR) is 113 cm³/mol. The molecule has 2 aromatic rings. The lowest BCUT2D eigenvalue weighted by Gasteiger charge is -2.17. The molecule has 0 bridgehead atoms. The van der Waals surface area contributed by atoms with Crippen molar-refractivity contribution in [2.24, 2.45) is 5.92 Å². The van der Waals surface area contributed by atoms with E-state index in [0.29, 0.717) is 22.2 Å². The first-order chi connectivity index (χ1) is 14.8. The van der Waals surface area contributed by atoms with E-state index in [1.54, 1.807) is 30.3 Å². The molecule has 1 atom stereocenters. The van der Waals surface area contributed by atoms with Gasteiger partial charge in [0.05, 0.1) is 10.8 Å². The van der Waals surface area contributed by atoms with Gasteiger partial charge in [0, 0.05) is 42.8 Å². The van der Waals surface area contributed by atoms with Crippen molar-refractivity contribution in [1.82, 2.24) is 10.0 Å². The highest BCUT2D eigenvalue weighted by Crippen LogP contribution is 2.37. The largest absolute Gasteiger partial charge is 0.454 e. The van der Waals surface area contributed by atoms with Crippen LogP contribution in [0.25, 0.3) is 0 Å². The summed E-state index contributed by atoms with van der Waals surface area (Å²) in [6.45, 7) is 0.470. The van der Waals surface area contributed by atoms with E-state index in [4.69, 9.17) is 21.1 Å². The van der Waals surface area contributed by atoms with Gasteiger partial charge in [-0.05, 0) is 30.3 Å². The van der Waals surface area contributed by atoms with Crippen LogP contribution in [-0.2, 0) is 19.6 Å². The second kappa shape index (κ2) is 8.74. The molecule has 31 heavy (non-hydrogen) atoms. The van der Waals surface area contributed by atoms with E-state index >= 15 is 0 Å². The number of fused-ring (bicyclic) bond motifs is 1. The number of amides is 2. The summed E-state index contributed by atoms with van der Waals surface area (Å²) in [4.78, 5) is 26.5. The lowest BCUT2D eigenvalue weighted by molar-refractivity contribution is -0.126. The number of rotatable bonds is 7. The summed E-state index contributed by atoms with van der Waals surface area (Å²) in [6, 6.07) is 11.1. The molecule has 164 valence electrons. The molecule has 0 saturated carbocycles. The lowest BCUT2D eigenvalue weighted by Crippen LogP contribution is -2.38. The Morgan fingerprint density at radius 2 is 1.94 bits per heavy atom. The Morgan fingerprint density at radius 3 is 2.74 bits per heavy atom. The molecule has 11 heteroatoms. The van der Waals surface area contributed by atoms with Crippen LogP contribution >= 0.6 is 11.6 Å². The number of carbonyl (C=O) groups is 2. The van der Waals surface area contributed by atoms with Crippen molar-refractivity contribution in [2.45, 2.75) is 11.3 Å². The van der Waals surface area contributed by atoms with Gasteiger partial charge < -0.3 is 19.7 Å². The number of nitrogens with zero attached hydrogens (tertiary/aromatic N) is 1. The van der Waals surface area contributed by atoms with Gasteiger partial charge in [-0.3, -0.25) is 9.59 Å². The van der Waals surface area contributed by atoms with Crippen molar-refractivity contribution in [3.63, 3.8) is 0 Å². The number of nitrogens with one attached hydrogen (secondary N) is 2. The molecule has 1 fully saturated rings. The fourth-order valence-electron chi connectivity index (χ4n) is 3.42. The minimum absolute atomic E-state index is 0.00707. The molecule has 1 unspecified atom stereocenters. The van der Waals surface area contributed by atoms with Crippen LogP contribution < -0.4 is 24.4 Å². The van der Waals surface area contributed by atoms with Crippen molar-refractivity contribution < 1.29 is 27.5 Å². The first kappa shape index (κ1) is 21.4. The quantitative estimate of drug-likeness (QED) is 0.599. The van der Waals surface area contributed by atoms with Crippen LogP contribution in [0.15, 0.2) is 47.4 Å². The van der Waals surface area contributed by atoms with Gasteiger partial charge in [-0.25, -0.2) is 13.1 Å². The molecule has 2 aromatic carbocycles. The van der Waals surface area contributed by atoms with Crippen molar-refractivity contribution in [1.29, 1.82) is 0 Å². The van der Waals surface area contributed by atoms with Crippen LogP contribution in [0.4, 0.5) is 5.69 Å². The highest BCUT2D eigenvalue weighted by atomic mass is 35.5. The SMILES string of the molecule is O=C(NCCNS(=O)(=O)c1cccc(Cl)c1)C1CC(=O)N(c2ccc3c(c2)OCO3)C1. The molecule has 2 heterocycles. The molecule has 0 aliphatic carbocycles. The Bertz CT molecular complexity index is 1120. The number of anilines is 1. The minimum atomic E-state index is -3.73. The molecule has 0 aromatic heterocycles. The molecule has 2 N–H and O–H groups in total. The fourth-order valence-corrected chi connectivity index (χ4v) is 4.75. The fraction of sp³-hybridized carbons (Fsp3) is 0.300. The molecular formula is C20H20ClN3O6S. The topological polar surface area (TPSA) is 114 Å². The van der Waals surface area contributed by atoms with E-state index in [2.05, 4.69) is 10.0 Å². The molecule has 2 aliphatic heterocycles. The van der Waals surface area contributed by atoms with Crippen LogP contribution in [0.5, 0.6) is 11.5 Å². The minimum Gasteiger partial charge on any atom is -0.454 e. The maximum Gasteiger partial charge on any atom is 0.240 e. The Kier molecular flexibility index (Phi) is 6.03. The molecule has 2 aliphatic rings. The smallest absolute Gasteiger partial charge is 0.240 e. The van der Waals surface area contributed by atoms with E-state index in [9.17, 15) is 18.0 Å². The van der Waals surface area contributed by atoms with E-state index in [0.717, 1.165) is 0 Å². The summed E-state index contributed by atoms with van der Waals surface area (Å²) in [5.41, 5.74) is 0.638. The second-order valence-corrected chi connectivity index (χ2v) is 9.29. The summed E-state index contributed by atoms with van der Waals surface area (Å²) < 4.78 is 37.5. The van der Waals surface area contributed by atoms with Gasteiger partial charge >= 0.3 is 0 Å². The second-order valence-electron chi connectivity index (χ2n) is 7.09. The van der Waals surface area contributed by atoms with E-state index in [-0.39, 0.29) is 49.6 Å². The number of benzene rings is 2. The van der Waals surface area contributed by atoms with Gasteiger partial charge in [0.2, 0.25) is 28.6 Å². The van der Waals surface area contributed by atoms with Crippen LogP contribution in [0.1, 0.15) is 6.42 Å². The van der Waals surface area contributed by atoms with Crippen molar-refractivity contribution >= 4 is 39.1 Å². The van der Waals surface area contributed by atoms with Gasteiger partial charge in [-0.15, -0.1) is 0 Å². The van der Waals surface area contributed by atoms with Gasteiger partial charge in [0.1, 0.15) is 0 Å². The molecule has 2 amide bonds. The number of sulfonamides is 1. The molecule has 0 radical (unpaired) electrons. The zero-order chi connectivity index (χ0) is 22.0. The Hall–Kier alpha value is -2.82. The zero-order valence-corrected chi connectivity index (χ0v) is 17.9. The summed E-state index contributed by atoms with van der Waals surface area (Å²) in [5, 5.41) is 2.99. The Morgan fingerprint density at radius 1 is 1.13 bits per heavy atom. The Labute approximate surface area is 184 Å². The molecule has 9 nitrogen and oxygen atoms in total. The normalized spacial score (nSPS) is 17.8. The average molecular weight is 466 g/mol. The van der Waals surface area contributed by atoms with Crippen LogP contribution in [0.3, 0.4) is 0 Å². The van der Waals surface area contributed by atoms with Crippen LogP contribution in [0.2, 0.25) is 5.02 Å². The number of carbonyl (C=O) groups excluding carboxylic acids is 2. The maximum absolute atomic E-state index is 12.5. The summed E-state index contributed by atoms with van der Waals surface area (Å²) in [7, 11) is -3.73. The summed E-state index contributed by atoms with van der Waals surface area (Å²) in [6.07, 6.45) is 0.0779. The van der Waals surface area contributed by atoms with Crippen LogP contribution in [-0.4, -0.2) is 46.7 Å². The maximum atomic E-state index is 12.5. The third kappa shape index (κ3) is 4.76. The van der Waals surface area contributed by atoms with Crippen LogP contribution in [0, 0.1) is 5.92 Å². The van der Waals surface area contributed by atoms with Crippen molar-refractivity contribution in [3.05, 3.63) is 47.5 Å². The summed E-state index contributed by atoms with van der Waals surface area (Å²) in [5.74, 6) is 0.178. The Balaban J connectivity index is 1.28. The number of hydrogen-bond acceptors (Lipinski definition) is 6. The molecular weight excluding hydrogens is 446 g/mol. The van der Waals surface area contributed by atoms with E-state index in [1.165, 1.54) is 17.0 Å². The molecule has 0 spiro atoms. The summed E-state index contributed by atoms with van der Waals surface area (Å²) >= 11 is 5.83. The first-order valence-corrected chi connectivity index (χ1v) is 11.4. The molecule has 1 saturated heterocycles. The predicted octanol–water partition coefficient (Wildman–Crippen LogP) is 1.52. The highest BCUT2D eigenvalue weighted by molar-refractivity contribution is 7.89. The van der Waals surface area contributed by atoms with Gasteiger partial charge in [-0.2, -0.15) is 0 Å². The van der Waals surface area contributed by atoms with Crippen molar-refractivity contribution in [2.75, 3.05) is 31.3 Å². The average Bonchev–Trinajstić information content (AvgIpc) is 3.37. The number of hydrogen-bond donors (Lipinski definition) is 2. The monoisotopic (exact) mass is 465 g/mol. The van der Waals surface area contributed by atoms with Gasteiger partial charge in [0.25, 0.3) is 0 Å². The zero-order valence-electron chi connectivity index (χ0n) is 16.3. The van der Waals surface area contributed by atoms with E-state index < -0.39 is 15.9 Å². The third-order valence-corrected chi connectivity index (χ3v) is 6.68. The number of halogens is 1. The highest BCUT2D eigenvalue weighted by Gasteiger charge is 2.35. The number of ether oxygens (including phenoxy) is 2. The molecule has 4 rings (SSSR count). The van der Waals surface area contributed by atoms with Crippen molar-refractivity contribution in [3.8, 4) is 11.5 Å². The van der Waals surface area contributed by atoms with Gasteiger partial charge in [0.15, 0.2) is 11.5 Å². The third-order valence-electron chi connectivity index (χ3n) is 4.99. The lowest BCUT2D eigenvalue weighted by atomic mass is 10.1. The first-order valence-electron chi connectivity index (χ1n) is 9.56. The van der Waals surface area contributed by atoms with Gasteiger partial charge in [-0.1, -0.05) is 17.7 Å². The standard InChI is InChI=1S/C20H20ClN3O6S/c21-14-2-1-3-16(9-14)31(27,28)23-7-6-22-20(26)13-8-19(25)24(11-13)15-4-5-17-18(10-15)30-12-29-17/h1-5,9-10,13,23H,6-8,11-12H2,(H,22,26).